The van der Waals surface area contributed by atoms with E-state index in [4.69, 9.17) is 0 Å². The Morgan fingerprint density at radius 3 is 2.84 bits per heavy atom. The van der Waals surface area contributed by atoms with Crippen molar-refractivity contribution in [2.45, 2.75) is 19.8 Å². The maximum Gasteiger partial charge on any atom is 0.321 e. The fourth-order valence-corrected chi connectivity index (χ4v) is 2.98. The summed E-state index contributed by atoms with van der Waals surface area (Å²) < 4.78 is 0. The van der Waals surface area contributed by atoms with Gasteiger partial charge in [0.25, 0.3) is 5.91 Å². The van der Waals surface area contributed by atoms with Gasteiger partial charge in [0.15, 0.2) is 0 Å². The van der Waals surface area contributed by atoms with Crippen molar-refractivity contribution in [1.82, 2.24) is 10.6 Å². The van der Waals surface area contributed by atoms with E-state index in [0.717, 1.165) is 18.5 Å². The first kappa shape index (κ1) is 17.0. The summed E-state index contributed by atoms with van der Waals surface area (Å²) in [6.07, 6.45) is 1.69. The zero-order valence-corrected chi connectivity index (χ0v) is 14.4. The van der Waals surface area contributed by atoms with Crippen LogP contribution in [0.4, 0.5) is 10.5 Å². The normalized spacial score (nSPS) is 14.1. The van der Waals surface area contributed by atoms with Gasteiger partial charge in [-0.1, -0.05) is 35.9 Å². The molecule has 5 heteroatoms. The Balaban J connectivity index is 1.60. The van der Waals surface area contributed by atoms with Gasteiger partial charge in [0, 0.05) is 30.9 Å². The molecule has 0 unspecified atom stereocenters. The largest absolute Gasteiger partial charge is 0.352 e. The van der Waals surface area contributed by atoms with Gasteiger partial charge < -0.3 is 10.6 Å². The maximum absolute atomic E-state index is 12.4. The molecule has 1 aliphatic heterocycles. The summed E-state index contributed by atoms with van der Waals surface area (Å²) in [5.74, 6) is -0.119. The van der Waals surface area contributed by atoms with E-state index in [1.54, 1.807) is 17.0 Å². The van der Waals surface area contributed by atoms with Gasteiger partial charge in [-0.2, -0.15) is 0 Å². The number of hydrogen-bond donors (Lipinski definition) is 2. The predicted molar refractivity (Wildman–Crippen MR) is 99.0 cm³/mol. The highest BCUT2D eigenvalue weighted by Crippen LogP contribution is 2.18. The summed E-state index contributed by atoms with van der Waals surface area (Å²) in [5.41, 5.74) is 3.75. The van der Waals surface area contributed by atoms with Gasteiger partial charge in [0.05, 0.1) is 0 Å². The molecule has 0 saturated carbocycles. The van der Waals surface area contributed by atoms with E-state index in [1.165, 1.54) is 11.1 Å². The van der Waals surface area contributed by atoms with E-state index in [0.29, 0.717) is 25.2 Å². The molecule has 0 aliphatic carbocycles. The zero-order valence-electron chi connectivity index (χ0n) is 14.4. The molecule has 0 bridgehead atoms. The number of anilines is 1. The Bertz CT molecular complexity index is 773. The summed E-state index contributed by atoms with van der Waals surface area (Å²) in [5, 5.41) is 5.77. The topological polar surface area (TPSA) is 61.4 Å². The van der Waals surface area contributed by atoms with Crippen LogP contribution >= 0.6 is 0 Å². The number of urea groups is 1. The average Bonchev–Trinajstić information content (AvgIpc) is 2.62. The first-order chi connectivity index (χ1) is 12.1. The molecule has 2 aromatic carbocycles. The molecule has 1 fully saturated rings. The van der Waals surface area contributed by atoms with Gasteiger partial charge in [0.2, 0.25) is 0 Å². The molecule has 5 nitrogen and oxygen atoms in total. The van der Waals surface area contributed by atoms with Crippen molar-refractivity contribution in [3.63, 3.8) is 0 Å². The summed E-state index contributed by atoms with van der Waals surface area (Å²) in [4.78, 5) is 26.0. The molecule has 0 aromatic heterocycles. The molecule has 3 amide bonds. The van der Waals surface area contributed by atoms with Crippen molar-refractivity contribution in [3.05, 3.63) is 65.2 Å². The minimum atomic E-state index is -0.119. The number of carbonyl (C=O) groups is 2. The minimum Gasteiger partial charge on any atom is -0.352 e. The van der Waals surface area contributed by atoms with Crippen molar-refractivity contribution < 1.29 is 9.59 Å². The van der Waals surface area contributed by atoms with E-state index in [-0.39, 0.29) is 11.9 Å². The molecule has 0 spiro atoms. The zero-order chi connectivity index (χ0) is 17.6. The Morgan fingerprint density at radius 2 is 2.04 bits per heavy atom. The van der Waals surface area contributed by atoms with Gasteiger partial charge in [-0.3, -0.25) is 9.69 Å². The van der Waals surface area contributed by atoms with E-state index < -0.39 is 0 Å². The highest BCUT2D eigenvalue weighted by Gasteiger charge is 2.19. The van der Waals surface area contributed by atoms with Gasteiger partial charge in [0.1, 0.15) is 0 Å². The number of benzene rings is 2. The summed E-state index contributed by atoms with van der Waals surface area (Å²) in [6, 6.07) is 15.4. The van der Waals surface area contributed by atoms with Crippen molar-refractivity contribution in [2.75, 3.05) is 24.5 Å². The fourth-order valence-electron chi connectivity index (χ4n) is 2.98. The van der Waals surface area contributed by atoms with Crippen molar-refractivity contribution >= 4 is 17.6 Å². The van der Waals surface area contributed by atoms with Crippen molar-refractivity contribution in [3.8, 4) is 0 Å². The van der Waals surface area contributed by atoms with Crippen molar-refractivity contribution in [2.24, 2.45) is 0 Å². The van der Waals surface area contributed by atoms with E-state index in [9.17, 15) is 9.59 Å². The quantitative estimate of drug-likeness (QED) is 0.881. The van der Waals surface area contributed by atoms with Crippen LogP contribution in [0.5, 0.6) is 0 Å². The van der Waals surface area contributed by atoms with Crippen LogP contribution in [0.2, 0.25) is 0 Å². The minimum absolute atomic E-state index is 0.108. The number of nitrogens with one attached hydrogen (secondary N) is 2. The summed E-state index contributed by atoms with van der Waals surface area (Å²) in [7, 11) is 0. The van der Waals surface area contributed by atoms with Gasteiger partial charge in [-0.25, -0.2) is 4.79 Å². The predicted octanol–water partition coefficient (Wildman–Crippen LogP) is 2.89. The van der Waals surface area contributed by atoms with Crippen LogP contribution in [0.25, 0.3) is 0 Å². The van der Waals surface area contributed by atoms with Crippen LogP contribution in [0.15, 0.2) is 48.5 Å². The van der Waals surface area contributed by atoms with E-state index in [1.807, 2.05) is 18.2 Å². The van der Waals surface area contributed by atoms with Crippen LogP contribution in [0.1, 0.15) is 27.9 Å². The molecule has 0 atom stereocenters. The Morgan fingerprint density at radius 1 is 1.20 bits per heavy atom. The first-order valence-electron chi connectivity index (χ1n) is 8.63. The lowest BCUT2D eigenvalue weighted by Gasteiger charge is -2.27. The first-order valence-corrected chi connectivity index (χ1v) is 8.63. The monoisotopic (exact) mass is 337 g/mol. The van der Waals surface area contributed by atoms with Crippen LogP contribution in [0, 0.1) is 6.92 Å². The summed E-state index contributed by atoms with van der Waals surface area (Å²) >= 11 is 0. The number of nitrogens with zero attached hydrogens (tertiary/aromatic N) is 1. The molecule has 1 heterocycles. The molecule has 2 N–H and O–H groups in total. The highest BCUT2D eigenvalue weighted by molar-refractivity contribution is 5.97. The maximum atomic E-state index is 12.4. The number of rotatable bonds is 5. The van der Waals surface area contributed by atoms with Gasteiger partial charge in [-0.15, -0.1) is 0 Å². The smallest absolute Gasteiger partial charge is 0.321 e. The number of aryl methyl sites for hydroxylation is 1. The molecule has 2 aromatic rings. The third-order valence-corrected chi connectivity index (χ3v) is 4.28. The second-order valence-corrected chi connectivity index (χ2v) is 6.28. The Hall–Kier alpha value is -2.82. The summed E-state index contributed by atoms with van der Waals surface area (Å²) in [6.45, 7) is 4.01. The van der Waals surface area contributed by atoms with E-state index in [2.05, 4.69) is 35.8 Å². The average molecular weight is 337 g/mol. The third-order valence-electron chi connectivity index (χ3n) is 4.28. The van der Waals surface area contributed by atoms with Crippen LogP contribution in [-0.2, 0) is 6.42 Å². The lowest BCUT2D eigenvalue weighted by molar-refractivity contribution is 0.0954. The molecular formula is C20H23N3O2. The molecule has 0 radical (unpaired) electrons. The molecule has 3 rings (SSSR count). The number of amides is 3. The molecule has 1 aliphatic rings. The molecule has 25 heavy (non-hydrogen) atoms. The standard InChI is InChI=1S/C20H23N3O2/c1-15-5-2-6-16(13-15)9-11-21-19(24)17-7-3-8-18(14-17)23-12-4-10-22-20(23)25/h2-3,5-8,13-14H,4,9-12H2,1H3,(H,21,24)(H,22,25). The second-order valence-electron chi connectivity index (χ2n) is 6.28. The lowest BCUT2D eigenvalue weighted by atomic mass is 10.1. The SMILES string of the molecule is Cc1cccc(CCNC(=O)c2cccc(N3CCCNC3=O)c2)c1. The second kappa shape index (κ2) is 7.83. The van der Waals surface area contributed by atoms with Gasteiger partial charge >= 0.3 is 6.03 Å². The lowest BCUT2D eigenvalue weighted by Crippen LogP contribution is -2.46. The van der Waals surface area contributed by atoms with Crippen LogP contribution < -0.4 is 15.5 Å². The molecule has 1 saturated heterocycles. The third kappa shape index (κ3) is 4.38. The molecule has 130 valence electrons. The van der Waals surface area contributed by atoms with Gasteiger partial charge in [-0.05, 0) is 43.5 Å². The van der Waals surface area contributed by atoms with E-state index >= 15 is 0 Å². The number of hydrogen-bond acceptors (Lipinski definition) is 2. The van der Waals surface area contributed by atoms with Crippen LogP contribution in [-0.4, -0.2) is 31.6 Å². The highest BCUT2D eigenvalue weighted by atomic mass is 16.2. The Labute approximate surface area is 148 Å². The number of carbonyl (C=O) groups excluding carboxylic acids is 2. The Kier molecular flexibility index (Phi) is 5.33. The molecular weight excluding hydrogens is 314 g/mol. The fraction of sp³-hybridized carbons (Fsp3) is 0.300. The van der Waals surface area contributed by atoms with Crippen molar-refractivity contribution in [1.29, 1.82) is 0 Å². The van der Waals surface area contributed by atoms with Crippen LogP contribution in [0.3, 0.4) is 0 Å².